The zero-order valence-corrected chi connectivity index (χ0v) is 13.5. The van der Waals surface area contributed by atoms with Gasteiger partial charge in [0.05, 0.1) is 5.60 Å². The van der Waals surface area contributed by atoms with Gasteiger partial charge in [-0.05, 0) is 56.3 Å². The fraction of sp³-hybridized carbons (Fsp3) is 0.647. The van der Waals surface area contributed by atoms with Crippen LogP contribution in [0.25, 0.3) is 0 Å². The molecule has 1 aromatic rings. The monoisotopic (exact) mass is 311 g/mol. The van der Waals surface area contributed by atoms with Gasteiger partial charge in [-0.25, -0.2) is 0 Å². The van der Waals surface area contributed by atoms with Crippen LogP contribution in [0.15, 0.2) is 24.3 Å². The zero-order chi connectivity index (χ0) is 15.1. The number of hydrogen-bond acceptors (Lipinski definition) is 3. The maximum Gasteiger partial charge on any atom is 0.0937 e. The molecular weight excluding hydrogens is 286 g/mol. The van der Waals surface area contributed by atoms with E-state index in [1.807, 2.05) is 24.3 Å². The SMILES string of the molecule is COCCCC[C@@](O)(c1cccc(Cl)c1)C1CCCNC1. The first-order valence-electron chi connectivity index (χ1n) is 7.85. The van der Waals surface area contributed by atoms with Gasteiger partial charge in [0.1, 0.15) is 0 Å². The van der Waals surface area contributed by atoms with E-state index in [0.29, 0.717) is 5.02 Å². The van der Waals surface area contributed by atoms with Crippen molar-refractivity contribution in [2.24, 2.45) is 5.92 Å². The molecule has 0 amide bonds. The second-order valence-electron chi connectivity index (χ2n) is 5.93. The Bertz CT molecular complexity index is 435. The fourth-order valence-electron chi connectivity index (χ4n) is 3.24. The molecule has 1 saturated heterocycles. The van der Waals surface area contributed by atoms with Crippen molar-refractivity contribution in [3.63, 3.8) is 0 Å². The van der Waals surface area contributed by atoms with Crippen molar-refractivity contribution >= 4 is 11.6 Å². The first kappa shape index (κ1) is 16.8. The van der Waals surface area contributed by atoms with Crippen molar-refractivity contribution in [3.05, 3.63) is 34.9 Å². The predicted octanol–water partition coefficient (Wildman–Crippen LogP) is 3.34. The summed E-state index contributed by atoms with van der Waals surface area (Å²) in [5, 5.41) is 15.5. The van der Waals surface area contributed by atoms with E-state index < -0.39 is 5.60 Å². The molecule has 1 aromatic carbocycles. The second-order valence-corrected chi connectivity index (χ2v) is 6.36. The van der Waals surface area contributed by atoms with Crippen LogP contribution < -0.4 is 5.32 Å². The number of piperidine rings is 1. The molecule has 1 unspecified atom stereocenters. The quantitative estimate of drug-likeness (QED) is 0.759. The maximum absolute atomic E-state index is 11.4. The lowest BCUT2D eigenvalue weighted by molar-refractivity contribution is -0.0434. The van der Waals surface area contributed by atoms with E-state index in [1.54, 1.807) is 7.11 Å². The normalized spacial score (nSPS) is 22.0. The number of unbranched alkanes of at least 4 members (excludes halogenated alkanes) is 1. The van der Waals surface area contributed by atoms with E-state index >= 15 is 0 Å². The summed E-state index contributed by atoms with van der Waals surface area (Å²) >= 11 is 6.13. The lowest BCUT2D eigenvalue weighted by Crippen LogP contribution is -2.44. The molecule has 1 aliphatic rings. The van der Waals surface area contributed by atoms with Gasteiger partial charge in [0.15, 0.2) is 0 Å². The molecule has 0 radical (unpaired) electrons. The predicted molar refractivity (Wildman–Crippen MR) is 86.7 cm³/mol. The van der Waals surface area contributed by atoms with Crippen molar-refractivity contribution in [2.45, 2.75) is 37.7 Å². The van der Waals surface area contributed by atoms with Crippen LogP contribution in [0.4, 0.5) is 0 Å². The molecule has 2 rings (SSSR count). The van der Waals surface area contributed by atoms with Crippen molar-refractivity contribution in [1.82, 2.24) is 5.32 Å². The van der Waals surface area contributed by atoms with Crippen LogP contribution in [-0.4, -0.2) is 31.9 Å². The highest BCUT2D eigenvalue weighted by molar-refractivity contribution is 6.30. The lowest BCUT2D eigenvalue weighted by atomic mass is 9.74. The maximum atomic E-state index is 11.4. The third kappa shape index (κ3) is 4.43. The number of rotatable bonds is 7. The number of nitrogens with one attached hydrogen (secondary N) is 1. The summed E-state index contributed by atoms with van der Waals surface area (Å²) in [6.45, 7) is 2.66. The average molecular weight is 312 g/mol. The highest BCUT2D eigenvalue weighted by atomic mass is 35.5. The highest BCUT2D eigenvalue weighted by Crippen LogP contribution is 2.39. The lowest BCUT2D eigenvalue weighted by Gasteiger charge is -2.39. The molecule has 1 aliphatic heterocycles. The molecule has 1 fully saturated rings. The largest absolute Gasteiger partial charge is 0.385 e. The number of methoxy groups -OCH3 is 1. The number of benzene rings is 1. The van der Waals surface area contributed by atoms with E-state index in [-0.39, 0.29) is 5.92 Å². The number of halogens is 1. The van der Waals surface area contributed by atoms with Gasteiger partial charge in [-0.3, -0.25) is 0 Å². The molecule has 2 N–H and O–H groups in total. The van der Waals surface area contributed by atoms with Crippen molar-refractivity contribution < 1.29 is 9.84 Å². The summed E-state index contributed by atoms with van der Waals surface area (Å²) in [4.78, 5) is 0. The molecule has 3 nitrogen and oxygen atoms in total. The Morgan fingerprint density at radius 1 is 1.43 bits per heavy atom. The van der Waals surface area contributed by atoms with Gasteiger partial charge >= 0.3 is 0 Å². The Hall–Kier alpha value is -0.610. The van der Waals surface area contributed by atoms with E-state index in [9.17, 15) is 5.11 Å². The minimum Gasteiger partial charge on any atom is -0.385 e. The molecular formula is C17H26ClNO2. The van der Waals surface area contributed by atoms with Crippen molar-refractivity contribution in [3.8, 4) is 0 Å². The summed E-state index contributed by atoms with van der Waals surface area (Å²) in [6.07, 6.45) is 4.85. The summed E-state index contributed by atoms with van der Waals surface area (Å²) in [7, 11) is 1.72. The Kier molecular flexibility index (Phi) is 6.49. The number of hydrogen-bond donors (Lipinski definition) is 2. The highest BCUT2D eigenvalue weighted by Gasteiger charge is 2.38. The van der Waals surface area contributed by atoms with Crippen molar-refractivity contribution in [1.29, 1.82) is 0 Å². The van der Waals surface area contributed by atoms with Gasteiger partial charge in [-0.1, -0.05) is 23.7 Å². The van der Waals surface area contributed by atoms with Crippen molar-refractivity contribution in [2.75, 3.05) is 26.8 Å². The van der Waals surface area contributed by atoms with Crippen LogP contribution in [0.2, 0.25) is 5.02 Å². The summed E-state index contributed by atoms with van der Waals surface area (Å²) in [6, 6.07) is 7.69. The van der Waals surface area contributed by atoms with Crippen LogP contribution >= 0.6 is 11.6 Å². The summed E-state index contributed by atoms with van der Waals surface area (Å²) in [5.41, 5.74) is 0.146. The van der Waals surface area contributed by atoms with E-state index in [2.05, 4.69) is 5.32 Å². The Morgan fingerprint density at radius 2 is 2.29 bits per heavy atom. The molecule has 2 atom stereocenters. The van der Waals surface area contributed by atoms with Crippen LogP contribution in [-0.2, 0) is 10.3 Å². The minimum absolute atomic E-state index is 0.243. The van der Waals surface area contributed by atoms with Crippen LogP contribution in [0.5, 0.6) is 0 Å². The third-order valence-corrected chi connectivity index (χ3v) is 4.69. The molecule has 0 aliphatic carbocycles. The third-order valence-electron chi connectivity index (χ3n) is 4.45. The number of aliphatic hydroxyl groups is 1. The molecule has 4 heteroatoms. The summed E-state index contributed by atoms with van der Waals surface area (Å²) < 4.78 is 5.11. The minimum atomic E-state index is -0.800. The van der Waals surface area contributed by atoms with E-state index in [0.717, 1.165) is 57.4 Å². The van der Waals surface area contributed by atoms with E-state index in [4.69, 9.17) is 16.3 Å². The Labute approximate surface area is 132 Å². The summed E-state index contributed by atoms with van der Waals surface area (Å²) in [5.74, 6) is 0.243. The van der Waals surface area contributed by atoms with Gasteiger partial charge in [0, 0.05) is 31.2 Å². The Balaban J connectivity index is 2.15. The smallest absolute Gasteiger partial charge is 0.0937 e. The standard InChI is InChI=1S/C17H26ClNO2/c1-21-11-3-2-9-17(20,15-7-5-10-19-13-15)14-6-4-8-16(18)12-14/h4,6,8,12,15,19-20H,2-3,5,7,9-11,13H2,1H3/t15?,17-/m1/s1. The molecule has 1 heterocycles. The topological polar surface area (TPSA) is 41.5 Å². The molecule has 0 spiro atoms. The van der Waals surface area contributed by atoms with Crippen LogP contribution in [0.3, 0.4) is 0 Å². The fourth-order valence-corrected chi connectivity index (χ4v) is 3.43. The molecule has 0 aromatic heterocycles. The van der Waals surface area contributed by atoms with Gasteiger partial charge in [-0.15, -0.1) is 0 Å². The first-order chi connectivity index (χ1) is 10.2. The van der Waals surface area contributed by atoms with Gasteiger partial charge in [0.2, 0.25) is 0 Å². The second kappa shape index (κ2) is 8.14. The molecule has 0 saturated carbocycles. The van der Waals surface area contributed by atoms with Crippen LogP contribution in [0.1, 0.15) is 37.7 Å². The number of ether oxygens (including phenoxy) is 1. The van der Waals surface area contributed by atoms with Gasteiger partial charge in [0.25, 0.3) is 0 Å². The first-order valence-corrected chi connectivity index (χ1v) is 8.22. The average Bonchev–Trinajstić information content (AvgIpc) is 2.52. The van der Waals surface area contributed by atoms with Gasteiger partial charge < -0.3 is 15.2 Å². The Morgan fingerprint density at radius 3 is 2.95 bits per heavy atom. The van der Waals surface area contributed by atoms with Gasteiger partial charge in [-0.2, -0.15) is 0 Å². The van der Waals surface area contributed by atoms with Crippen LogP contribution in [0, 0.1) is 5.92 Å². The van der Waals surface area contributed by atoms with E-state index in [1.165, 1.54) is 0 Å². The zero-order valence-electron chi connectivity index (χ0n) is 12.8. The molecule has 118 valence electrons. The molecule has 0 bridgehead atoms. The molecule has 21 heavy (non-hydrogen) atoms.